The van der Waals surface area contributed by atoms with Gasteiger partial charge in [0.2, 0.25) is 0 Å². The Labute approximate surface area is 217 Å². The molecule has 0 radical (unpaired) electrons. The molecule has 37 heavy (non-hydrogen) atoms. The number of aryl methyl sites for hydroxylation is 1. The minimum Gasteiger partial charge on any atom is -0.497 e. The number of rotatable bonds is 10. The number of amides is 1. The van der Waals surface area contributed by atoms with Crippen LogP contribution in [0.4, 0.5) is 0 Å². The maximum absolute atomic E-state index is 13.8. The molecule has 1 heterocycles. The summed E-state index contributed by atoms with van der Waals surface area (Å²) >= 11 is 0. The lowest BCUT2D eigenvalue weighted by molar-refractivity contribution is 0.0917. The molecule has 1 amide bonds. The van der Waals surface area contributed by atoms with Gasteiger partial charge in [0, 0.05) is 23.6 Å². The van der Waals surface area contributed by atoms with Gasteiger partial charge in [-0.3, -0.25) is 9.59 Å². The molecular formula is C31H34N2O4. The molecule has 0 spiro atoms. The minimum atomic E-state index is -0.517. The Bertz CT molecular complexity index is 1430. The van der Waals surface area contributed by atoms with E-state index in [1.54, 1.807) is 25.3 Å². The summed E-state index contributed by atoms with van der Waals surface area (Å²) in [5.41, 5.74) is 9.12. The minimum absolute atomic E-state index is 0.0408. The van der Waals surface area contributed by atoms with Gasteiger partial charge in [0.1, 0.15) is 17.1 Å². The van der Waals surface area contributed by atoms with Crippen LogP contribution in [0.3, 0.4) is 0 Å². The van der Waals surface area contributed by atoms with Crippen molar-refractivity contribution >= 4 is 16.9 Å². The second-order valence-corrected chi connectivity index (χ2v) is 9.54. The van der Waals surface area contributed by atoms with Gasteiger partial charge in [-0.05, 0) is 54.6 Å². The van der Waals surface area contributed by atoms with Crippen LogP contribution < -0.4 is 21.2 Å². The zero-order chi connectivity index (χ0) is 26.4. The van der Waals surface area contributed by atoms with E-state index in [1.807, 2.05) is 68.4 Å². The summed E-state index contributed by atoms with van der Waals surface area (Å²) < 4.78 is 11.8. The summed E-state index contributed by atoms with van der Waals surface area (Å²) in [5.74, 6) is 0.819. The van der Waals surface area contributed by atoms with E-state index in [-0.39, 0.29) is 17.3 Å². The number of methoxy groups -OCH3 is 1. The molecule has 4 aromatic rings. The van der Waals surface area contributed by atoms with Gasteiger partial charge in [-0.1, -0.05) is 62.4 Å². The Morgan fingerprint density at radius 2 is 1.76 bits per heavy atom. The van der Waals surface area contributed by atoms with Crippen molar-refractivity contribution in [1.29, 1.82) is 0 Å². The van der Waals surface area contributed by atoms with Crippen LogP contribution in [0.5, 0.6) is 5.75 Å². The summed E-state index contributed by atoms with van der Waals surface area (Å²) in [6, 6.07) is 22.1. The Morgan fingerprint density at radius 1 is 1.03 bits per heavy atom. The number of hydrogen-bond acceptors (Lipinski definition) is 5. The van der Waals surface area contributed by atoms with Gasteiger partial charge in [-0.2, -0.15) is 0 Å². The van der Waals surface area contributed by atoms with Crippen LogP contribution in [0.2, 0.25) is 0 Å². The smallest absolute Gasteiger partial charge is 0.252 e. The highest BCUT2D eigenvalue weighted by atomic mass is 16.5. The molecule has 192 valence electrons. The maximum Gasteiger partial charge on any atom is 0.252 e. The predicted molar refractivity (Wildman–Crippen MR) is 147 cm³/mol. The quantitative estimate of drug-likeness (QED) is 0.305. The van der Waals surface area contributed by atoms with Gasteiger partial charge in [0.25, 0.3) is 5.91 Å². The van der Waals surface area contributed by atoms with Gasteiger partial charge in [0.05, 0.1) is 18.5 Å². The Kier molecular flexibility index (Phi) is 8.41. The molecule has 6 heteroatoms. The average Bonchev–Trinajstić information content (AvgIpc) is 2.92. The van der Waals surface area contributed by atoms with E-state index in [2.05, 4.69) is 5.32 Å². The van der Waals surface area contributed by atoms with E-state index in [0.717, 1.165) is 24.0 Å². The molecule has 3 N–H and O–H groups in total. The highest BCUT2D eigenvalue weighted by Crippen LogP contribution is 2.30. The first kappa shape index (κ1) is 26.2. The summed E-state index contributed by atoms with van der Waals surface area (Å²) in [5, 5.41) is 3.66. The number of benzene rings is 3. The molecule has 0 aliphatic carbocycles. The molecule has 0 aliphatic heterocycles. The van der Waals surface area contributed by atoms with Crippen LogP contribution in [0.25, 0.3) is 11.0 Å². The van der Waals surface area contributed by atoms with Gasteiger partial charge in [-0.25, -0.2) is 0 Å². The fraction of sp³-hybridized carbons (Fsp3) is 0.290. The molecule has 6 nitrogen and oxygen atoms in total. The molecule has 4 rings (SSSR count). The molecule has 0 saturated heterocycles. The van der Waals surface area contributed by atoms with Crippen LogP contribution in [-0.2, 0) is 12.8 Å². The fourth-order valence-electron chi connectivity index (χ4n) is 4.58. The average molecular weight is 499 g/mol. The van der Waals surface area contributed by atoms with Crippen LogP contribution in [0.15, 0.2) is 82.0 Å². The summed E-state index contributed by atoms with van der Waals surface area (Å²) in [4.78, 5) is 27.3. The van der Waals surface area contributed by atoms with Crippen molar-refractivity contribution in [2.45, 2.75) is 39.2 Å². The number of carbonyl (C=O) groups is 1. The van der Waals surface area contributed by atoms with Crippen molar-refractivity contribution in [2.75, 3.05) is 13.7 Å². The highest BCUT2D eigenvalue weighted by Gasteiger charge is 2.28. The Hall–Kier alpha value is -3.90. The normalized spacial score (nSPS) is 12.0. The van der Waals surface area contributed by atoms with E-state index in [1.165, 1.54) is 0 Å². The number of nitrogens with two attached hydrogens (primary N) is 1. The molecule has 1 unspecified atom stereocenters. The van der Waals surface area contributed by atoms with Crippen molar-refractivity contribution in [3.05, 3.63) is 111 Å². The SMILES string of the molecule is COc1ccc2c(=O)c(Cc3ccccc3)c(C(NC(=O)c3ccccc3CCCN)C(C)C)oc2c1. The number of carbonyl (C=O) groups excluding carboxylic acids is 1. The molecule has 1 aromatic heterocycles. The first-order valence-electron chi connectivity index (χ1n) is 12.7. The first-order valence-corrected chi connectivity index (χ1v) is 12.7. The lowest BCUT2D eigenvalue weighted by Crippen LogP contribution is -2.34. The van der Waals surface area contributed by atoms with Gasteiger partial charge in [0.15, 0.2) is 5.43 Å². The van der Waals surface area contributed by atoms with E-state index >= 15 is 0 Å². The molecule has 0 saturated carbocycles. The van der Waals surface area contributed by atoms with Crippen LogP contribution in [0.1, 0.15) is 59.1 Å². The first-order chi connectivity index (χ1) is 17.9. The third-order valence-corrected chi connectivity index (χ3v) is 6.60. The molecule has 0 fully saturated rings. The van der Waals surface area contributed by atoms with Crippen molar-refractivity contribution in [2.24, 2.45) is 11.7 Å². The summed E-state index contributed by atoms with van der Waals surface area (Å²) in [6.45, 7) is 4.57. The summed E-state index contributed by atoms with van der Waals surface area (Å²) in [7, 11) is 1.57. The van der Waals surface area contributed by atoms with Crippen LogP contribution in [-0.4, -0.2) is 19.6 Å². The van der Waals surface area contributed by atoms with Gasteiger partial charge in [-0.15, -0.1) is 0 Å². The summed E-state index contributed by atoms with van der Waals surface area (Å²) in [6.07, 6.45) is 1.91. The Balaban J connectivity index is 1.82. The van der Waals surface area contributed by atoms with Crippen molar-refractivity contribution in [3.63, 3.8) is 0 Å². The van der Waals surface area contributed by atoms with Crippen molar-refractivity contribution in [1.82, 2.24) is 5.32 Å². The monoisotopic (exact) mass is 498 g/mol. The number of fused-ring (bicyclic) bond motifs is 1. The molecule has 0 aliphatic rings. The van der Waals surface area contributed by atoms with Crippen molar-refractivity contribution in [3.8, 4) is 5.75 Å². The predicted octanol–water partition coefficient (Wildman–Crippen LogP) is 5.41. The number of hydrogen-bond donors (Lipinski definition) is 2. The Morgan fingerprint density at radius 3 is 2.46 bits per heavy atom. The third-order valence-electron chi connectivity index (χ3n) is 6.60. The number of ether oxygens (including phenoxy) is 1. The van der Waals surface area contributed by atoms with E-state index in [0.29, 0.717) is 46.6 Å². The topological polar surface area (TPSA) is 94.6 Å². The van der Waals surface area contributed by atoms with E-state index in [9.17, 15) is 9.59 Å². The van der Waals surface area contributed by atoms with E-state index in [4.69, 9.17) is 14.9 Å². The molecular weight excluding hydrogens is 464 g/mol. The molecule has 0 bridgehead atoms. The largest absolute Gasteiger partial charge is 0.497 e. The second kappa shape index (κ2) is 11.9. The third kappa shape index (κ3) is 5.92. The lowest BCUT2D eigenvalue weighted by atomic mass is 9.93. The van der Waals surface area contributed by atoms with Crippen LogP contribution in [0, 0.1) is 5.92 Å². The molecule has 3 aromatic carbocycles. The van der Waals surface area contributed by atoms with Crippen molar-refractivity contribution < 1.29 is 13.9 Å². The fourth-order valence-corrected chi connectivity index (χ4v) is 4.58. The maximum atomic E-state index is 13.8. The molecule has 1 atom stereocenters. The standard InChI is InChI=1S/C31H34N2O4/c1-20(2)28(33-31(35)24-14-8-7-12-22(24)13-9-17-32)30-26(18-21-10-5-4-6-11-21)29(34)25-16-15-23(36-3)19-27(25)37-30/h4-8,10-12,14-16,19-20,28H,9,13,17-18,32H2,1-3H3,(H,33,35). The second-order valence-electron chi connectivity index (χ2n) is 9.54. The zero-order valence-electron chi connectivity index (χ0n) is 21.6. The van der Waals surface area contributed by atoms with Gasteiger partial charge < -0.3 is 20.2 Å². The lowest BCUT2D eigenvalue weighted by Gasteiger charge is -2.25. The number of nitrogens with one attached hydrogen (secondary N) is 1. The van der Waals surface area contributed by atoms with Gasteiger partial charge >= 0.3 is 0 Å². The zero-order valence-corrected chi connectivity index (χ0v) is 21.6. The highest BCUT2D eigenvalue weighted by molar-refractivity contribution is 5.96. The van der Waals surface area contributed by atoms with Crippen LogP contribution >= 0.6 is 0 Å². The van der Waals surface area contributed by atoms with E-state index < -0.39 is 6.04 Å².